The number of aryl methyl sites for hydroxylation is 2. The van der Waals surface area contributed by atoms with Gasteiger partial charge in [0.2, 0.25) is 5.82 Å². The van der Waals surface area contributed by atoms with Gasteiger partial charge in [-0.3, -0.25) is 0 Å². The Morgan fingerprint density at radius 2 is 1.27 bits per heavy atom. The molecule has 6 aromatic rings. The van der Waals surface area contributed by atoms with Gasteiger partial charge in [0.1, 0.15) is 11.9 Å². The van der Waals surface area contributed by atoms with E-state index in [0.717, 1.165) is 35.2 Å². The summed E-state index contributed by atoms with van der Waals surface area (Å²) in [6.07, 6.45) is -2.44. The molecule has 1 aliphatic heterocycles. The summed E-state index contributed by atoms with van der Waals surface area (Å²) < 4.78 is 141. The van der Waals surface area contributed by atoms with E-state index >= 15 is 8.78 Å². The number of alkyl halides is 2. The molecule has 0 spiro atoms. The van der Waals surface area contributed by atoms with E-state index in [1.54, 1.807) is 36.4 Å². The number of benzene rings is 6. The number of fused-ring (bicyclic) bond motifs is 2. The third kappa shape index (κ3) is 6.44. The summed E-state index contributed by atoms with van der Waals surface area (Å²) in [5.41, 5.74) is 1.12. The SMILES string of the molecule is CCCc1cc2c(c(F)c1F)OC(c1ccc3cc(-c4ccc(-c5ccc(C(F)(F)Oc6cc(F)c(F)c(F)c6)cc5)c(F)c4F)ccc3c1)CC2. The minimum atomic E-state index is -4.11. The molecule has 0 aromatic heterocycles. The Morgan fingerprint density at radius 3 is 1.94 bits per heavy atom. The summed E-state index contributed by atoms with van der Waals surface area (Å²) in [7, 11) is 0. The predicted octanol–water partition coefficient (Wildman–Crippen LogP) is 12.3. The van der Waals surface area contributed by atoms with Crippen LogP contribution in [0.1, 0.15) is 48.1 Å². The molecule has 1 atom stereocenters. The van der Waals surface area contributed by atoms with Crippen molar-refractivity contribution in [2.75, 3.05) is 0 Å². The van der Waals surface area contributed by atoms with E-state index in [9.17, 15) is 30.7 Å². The van der Waals surface area contributed by atoms with Crippen LogP contribution >= 0.6 is 0 Å². The van der Waals surface area contributed by atoms with E-state index in [1.807, 2.05) is 13.0 Å². The summed E-state index contributed by atoms with van der Waals surface area (Å²) in [6.45, 7) is 1.89. The van der Waals surface area contributed by atoms with Gasteiger partial charge in [-0.15, -0.1) is 0 Å². The molecule has 6 aromatic carbocycles. The molecule has 11 heteroatoms. The maximum atomic E-state index is 15.5. The van der Waals surface area contributed by atoms with Crippen molar-refractivity contribution in [3.8, 4) is 33.8 Å². The molecule has 2 nitrogen and oxygen atoms in total. The number of ether oxygens (including phenoxy) is 2. The zero-order chi connectivity index (χ0) is 36.9. The summed E-state index contributed by atoms with van der Waals surface area (Å²) in [5.74, 6) is -10.6. The van der Waals surface area contributed by atoms with Crippen LogP contribution < -0.4 is 9.47 Å². The van der Waals surface area contributed by atoms with Crippen molar-refractivity contribution in [1.82, 2.24) is 0 Å². The number of hydrogen-bond acceptors (Lipinski definition) is 2. The first-order valence-corrected chi connectivity index (χ1v) is 16.4. The maximum absolute atomic E-state index is 15.5. The lowest BCUT2D eigenvalue weighted by atomic mass is 9.93. The average molecular weight is 723 g/mol. The van der Waals surface area contributed by atoms with Crippen molar-refractivity contribution in [3.63, 3.8) is 0 Å². The highest BCUT2D eigenvalue weighted by atomic mass is 19.3. The van der Waals surface area contributed by atoms with Crippen molar-refractivity contribution in [3.05, 3.63) is 154 Å². The molecule has 1 unspecified atom stereocenters. The molecule has 0 saturated carbocycles. The van der Waals surface area contributed by atoms with Crippen LogP contribution in [0.4, 0.5) is 39.5 Å². The van der Waals surface area contributed by atoms with Gasteiger partial charge < -0.3 is 9.47 Å². The second kappa shape index (κ2) is 13.6. The molecule has 0 aliphatic carbocycles. The van der Waals surface area contributed by atoms with E-state index in [-0.39, 0.29) is 34.6 Å². The Hall–Kier alpha value is -5.45. The number of rotatable bonds is 8. The lowest BCUT2D eigenvalue weighted by molar-refractivity contribution is -0.185. The van der Waals surface area contributed by atoms with Gasteiger partial charge in [0.25, 0.3) is 0 Å². The zero-order valence-electron chi connectivity index (χ0n) is 27.3. The molecule has 1 aliphatic rings. The molecular weight excluding hydrogens is 695 g/mol. The third-order valence-electron chi connectivity index (χ3n) is 9.13. The van der Waals surface area contributed by atoms with Gasteiger partial charge in [-0.2, -0.15) is 13.2 Å². The molecule has 0 amide bonds. The molecule has 0 bridgehead atoms. The Labute approximate surface area is 292 Å². The highest BCUT2D eigenvalue weighted by molar-refractivity contribution is 5.88. The molecule has 7 rings (SSSR count). The topological polar surface area (TPSA) is 18.5 Å². The molecule has 0 N–H and O–H groups in total. The second-order valence-corrected chi connectivity index (χ2v) is 12.6. The van der Waals surface area contributed by atoms with E-state index in [4.69, 9.17) is 4.74 Å². The van der Waals surface area contributed by atoms with Crippen molar-refractivity contribution in [2.45, 2.75) is 44.8 Å². The number of hydrogen-bond donors (Lipinski definition) is 0. The van der Waals surface area contributed by atoms with Crippen LogP contribution in [-0.4, -0.2) is 0 Å². The van der Waals surface area contributed by atoms with Crippen LogP contribution in [0.2, 0.25) is 0 Å². The second-order valence-electron chi connectivity index (χ2n) is 12.6. The van der Waals surface area contributed by atoms with Crippen LogP contribution in [0, 0.1) is 40.7 Å². The molecule has 0 saturated heterocycles. The third-order valence-corrected chi connectivity index (χ3v) is 9.13. The zero-order valence-corrected chi connectivity index (χ0v) is 27.3. The highest BCUT2D eigenvalue weighted by Gasteiger charge is 2.35. The van der Waals surface area contributed by atoms with Crippen LogP contribution in [0.15, 0.2) is 91.0 Å². The first-order valence-electron chi connectivity index (χ1n) is 16.4. The molecule has 52 heavy (non-hydrogen) atoms. The maximum Gasteiger partial charge on any atom is 0.426 e. The predicted molar refractivity (Wildman–Crippen MR) is 178 cm³/mol. The van der Waals surface area contributed by atoms with Crippen molar-refractivity contribution >= 4 is 10.8 Å². The van der Waals surface area contributed by atoms with Gasteiger partial charge in [0.15, 0.2) is 40.7 Å². The summed E-state index contributed by atoms with van der Waals surface area (Å²) >= 11 is 0. The van der Waals surface area contributed by atoms with Crippen LogP contribution in [0.25, 0.3) is 33.0 Å². The highest BCUT2D eigenvalue weighted by Crippen LogP contribution is 2.41. The fourth-order valence-corrected chi connectivity index (χ4v) is 6.48. The van der Waals surface area contributed by atoms with Crippen molar-refractivity contribution in [2.24, 2.45) is 0 Å². The molecular formula is C41H27F9O2. The van der Waals surface area contributed by atoms with E-state index in [2.05, 4.69) is 4.74 Å². The van der Waals surface area contributed by atoms with Gasteiger partial charge in [-0.25, -0.2) is 26.3 Å². The first kappa shape index (κ1) is 35.0. The van der Waals surface area contributed by atoms with E-state index < -0.39 is 64.2 Å². The van der Waals surface area contributed by atoms with E-state index in [1.165, 1.54) is 12.1 Å². The number of halogens is 9. The molecule has 266 valence electrons. The first-order chi connectivity index (χ1) is 24.8. The Kier molecular flexibility index (Phi) is 9.14. The minimum absolute atomic E-state index is 0.0466. The van der Waals surface area contributed by atoms with Gasteiger partial charge in [-0.1, -0.05) is 61.9 Å². The lowest BCUT2D eigenvalue weighted by Crippen LogP contribution is -2.22. The van der Waals surface area contributed by atoms with Crippen LogP contribution in [0.3, 0.4) is 0 Å². The van der Waals surface area contributed by atoms with Gasteiger partial charge >= 0.3 is 6.11 Å². The Morgan fingerprint density at radius 1 is 0.654 bits per heavy atom. The van der Waals surface area contributed by atoms with Gasteiger partial charge in [0.05, 0.1) is 5.56 Å². The fraction of sp³-hybridized carbons (Fsp3) is 0.171. The molecule has 1 heterocycles. The summed E-state index contributed by atoms with van der Waals surface area (Å²) in [6, 6.07) is 19.3. The largest absolute Gasteiger partial charge is 0.482 e. The standard InChI is InChI=1S/C41H27F9O2/c1-2-3-26-18-27-10-15-34(51-40(27)39(48)35(26)44)25-7-5-22-16-24(6-4-23(22)17-25)31-14-13-30(36(45)37(31)46)21-8-11-28(12-9-21)41(49,50)52-29-19-32(42)38(47)33(43)20-29/h4-9,11-14,16-20,34H,2-3,10,15H2,1H3. The van der Waals surface area contributed by atoms with Crippen molar-refractivity contribution in [1.29, 1.82) is 0 Å². The minimum Gasteiger partial charge on any atom is -0.482 e. The quantitative estimate of drug-likeness (QED) is 0.115. The molecule has 0 radical (unpaired) electrons. The molecule has 0 fully saturated rings. The summed E-state index contributed by atoms with van der Waals surface area (Å²) in [4.78, 5) is 0. The van der Waals surface area contributed by atoms with Crippen LogP contribution in [0.5, 0.6) is 11.5 Å². The Bertz CT molecular complexity index is 2310. The fourth-order valence-electron chi connectivity index (χ4n) is 6.48. The Balaban J connectivity index is 1.10. The van der Waals surface area contributed by atoms with Gasteiger partial charge in [-0.05, 0) is 88.2 Å². The average Bonchev–Trinajstić information content (AvgIpc) is 3.13. The smallest absolute Gasteiger partial charge is 0.426 e. The lowest BCUT2D eigenvalue weighted by Gasteiger charge is -2.28. The summed E-state index contributed by atoms with van der Waals surface area (Å²) in [5, 5.41) is 1.46. The van der Waals surface area contributed by atoms with Crippen molar-refractivity contribution < 1.29 is 49.0 Å². The normalized spacial score (nSPS) is 14.3. The monoisotopic (exact) mass is 722 g/mol. The van der Waals surface area contributed by atoms with Crippen LogP contribution in [-0.2, 0) is 19.0 Å². The van der Waals surface area contributed by atoms with Gasteiger partial charge in [0, 0.05) is 23.3 Å². The van der Waals surface area contributed by atoms with E-state index in [0.29, 0.717) is 47.8 Å².